The van der Waals surface area contributed by atoms with Crippen LogP contribution in [0.15, 0.2) is 30.7 Å². The van der Waals surface area contributed by atoms with Crippen molar-refractivity contribution in [1.29, 1.82) is 0 Å². The summed E-state index contributed by atoms with van der Waals surface area (Å²) in [5.74, 6) is 0. The highest BCUT2D eigenvalue weighted by Gasteiger charge is 2.07. The highest BCUT2D eigenvalue weighted by atomic mass is 15.3. The number of nitrogens with zero attached hydrogens (tertiary/aromatic N) is 6. The minimum absolute atomic E-state index is 0.526. The standard InChI is InChI=1S/C10H6N7/c1-2-7(15-12-3-1)8-4-11-5-9(14-8)10-6-13-17-16-10/h1-3,5-6H,(H,13,16,17). The van der Waals surface area contributed by atoms with Crippen molar-refractivity contribution in [2.24, 2.45) is 0 Å². The number of hydrogen-bond donors (Lipinski definition) is 1. The van der Waals surface area contributed by atoms with Gasteiger partial charge in [0.15, 0.2) is 0 Å². The molecule has 0 saturated heterocycles. The number of nitrogens with one attached hydrogen (secondary N) is 1. The van der Waals surface area contributed by atoms with Crippen molar-refractivity contribution in [3.8, 4) is 22.8 Å². The summed E-state index contributed by atoms with van der Waals surface area (Å²) in [5.41, 5.74) is 2.37. The molecule has 0 amide bonds. The van der Waals surface area contributed by atoms with Crippen LogP contribution in [0.2, 0.25) is 0 Å². The van der Waals surface area contributed by atoms with Crippen molar-refractivity contribution in [3.05, 3.63) is 36.9 Å². The first-order chi connectivity index (χ1) is 8.43. The van der Waals surface area contributed by atoms with Gasteiger partial charge >= 0.3 is 0 Å². The van der Waals surface area contributed by atoms with Gasteiger partial charge in [-0.15, -0.1) is 10.2 Å². The normalized spacial score (nSPS) is 10.4. The van der Waals surface area contributed by atoms with Gasteiger partial charge in [-0.3, -0.25) is 5.10 Å². The predicted octanol–water partition coefficient (Wildman–Crippen LogP) is 0.519. The zero-order valence-corrected chi connectivity index (χ0v) is 8.57. The quantitative estimate of drug-likeness (QED) is 0.682. The van der Waals surface area contributed by atoms with E-state index in [9.17, 15) is 0 Å². The molecule has 0 aliphatic carbocycles. The van der Waals surface area contributed by atoms with Gasteiger partial charge in [-0.2, -0.15) is 5.10 Å². The Hall–Kier alpha value is -2.70. The Morgan fingerprint density at radius 1 is 1.12 bits per heavy atom. The Bertz CT molecular complexity index is 606. The molecule has 0 atom stereocenters. The number of rotatable bonds is 2. The molecular formula is C10H6N7. The summed E-state index contributed by atoms with van der Waals surface area (Å²) in [4.78, 5) is 8.32. The Balaban J connectivity index is 2.06. The molecule has 7 heteroatoms. The third kappa shape index (κ3) is 1.85. The van der Waals surface area contributed by atoms with Gasteiger partial charge < -0.3 is 0 Å². The van der Waals surface area contributed by atoms with E-state index in [2.05, 4.69) is 41.8 Å². The summed E-state index contributed by atoms with van der Waals surface area (Å²) in [6.45, 7) is 0. The molecule has 17 heavy (non-hydrogen) atoms. The summed E-state index contributed by atoms with van der Waals surface area (Å²) in [7, 11) is 0. The second kappa shape index (κ2) is 4.05. The summed E-state index contributed by atoms with van der Waals surface area (Å²) >= 11 is 0. The van der Waals surface area contributed by atoms with Crippen LogP contribution in [0.4, 0.5) is 0 Å². The van der Waals surface area contributed by atoms with Gasteiger partial charge in [-0.25, -0.2) is 9.97 Å². The summed E-state index contributed by atoms with van der Waals surface area (Å²) in [5, 5.41) is 17.8. The van der Waals surface area contributed by atoms with Crippen LogP contribution in [0.25, 0.3) is 22.8 Å². The first-order valence-electron chi connectivity index (χ1n) is 4.83. The van der Waals surface area contributed by atoms with Gasteiger partial charge in [0.25, 0.3) is 0 Å². The topological polar surface area (TPSA) is 93.1 Å². The lowest BCUT2D eigenvalue weighted by Gasteiger charge is -1.99. The number of hydrogen-bond acceptors (Lipinski definition) is 6. The lowest BCUT2D eigenvalue weighted by Crippen LogP contribution is -1.93. The van der Waals surface area contributed by atoms with E-state index < -0.39 is 0 Å². The van der Waals surface area contributed by atoms with Crippen LogP contribution < -0.4 is 0 Å². The van der Waals surface area contributed by atoms with Crippen molar-refractivity contribution in [2.75, 3.05) is 0 Å². The maximum absolute atomic E-state index is 4.34. The highest BCUT2D eigenvalue weighted by Crippen LogP contribution is 2.16. The van der Waals surface area contributed by atoms with E-state index in [-0.39, 0.29) is 0 Å². The minimum Gasteiger partial charge on any atom is -0.265 e. The van der Waals surface area contributed by atoms with Crippen LogP contribution in [-0.4, -0.2) is 35.6 Å². The Morgan fingerprint density at radius 3 is 2.88 bits per heavy atom. The third-order valence-electron chi connectivity index (χ3n) is 2.08. The zero-order chi connectivity index (χ0) is 11.5. The van der Waals surface area contributed by atoms with Gasteiger partial charge in [-0.05, 0) is 12.1 Å². The van der Waals surface area contributed by atoms with Gasteiger partial charge in [0.2, 0.25) is 0 Å². The van der Waals surface area contributed by atoms with Crippen LogP contribution >= 0.6 is 0 Å². The molecule has 0 saturated carbocycles. The van der Waals surface area contributed by atoms with E-state index >= 15 is 0 Å². The second-order valence-corrected chi connectivity index (χ2v) is 3.18. The molecule has 0 aliphatic rings. The fourth-order valence-electron chi connectivity index (χ4n) is 1.32. The molecule has 0 bridgehead atoms. The lowest BCUT2D eigenvalue weighted by atomic mass is 10.3. The van der Waals surface area contributed by atoms with E-state index in [0.29, 0.717) is 22.8 Å². The average Bonchev–Trinajstić information content (AvgIpc) is 2.94. The zero-order valence-electron chi connectivity index (χ0n) is 8.57. The second-order valence-electron chi connectivity index (χ2n) is 3.18. The summed E-state index contributed by atoms with van der Waals surface area (Å²) in [6.07, 6.45) is 7.57. The van der Waals surface area contributed by atoms with E-state index in [1.165, 1.54) is 0 Å². The van der Waals surface area contributed by atoms with E-state index in [4.69, 9.17) is 0 Å². The highest BCUT2D eigenvalue weighted by molar-refractivity contribution is 5.58. The van der Waals surface area contributed by atoms with Crippen molar-refractivity contribution in [3.63, 3.8) is 0 Å². The van der Waals surface area contributed by atoms with Crippen LogP contribution in [0.3, 0.4) is 0 Å². The molecule has 0 aromatic carbocycles. The van der Waals surface area contributed by atoms with Gasteiger partial charge in [0.1, 0.15) is 29.0 Å². The molecule has 3 heterocycles. The molecule has 0 fully saturated rings. The number of H-pyrrole nitrogens is 1. The maximum atomic E-state index is 4.34. The fourth-order valence-corrected chi connectivity index (χ4v) is 1.32. The van der Waals surface area contributed by atoms with Gasteiger partial charge in [0, 0.05) is 6.20 Å². The number of aromatic nitrogens is 7. The first kappa shape index (κ1) is 9.52. The minimum atomic E-state index is 0.526. The molecule has 0 aliphatic heterocycles. The lowest BCUT2D eigenvalue weighted by molar-refractivity contribution is 0.940. The summed E-state index contributed by atoms with van der Waals surface area (Å²) < 4.78 is 0. The Labute approximate surface area is 96.0 Å². The summed E-state index contributed by atoms with van der Waals surface area (Å²) in [6, 6.07) is 3.57. The third-order valence-corrected chi connectivity index (χ3v) is 2.08. The molecule has 81 valence electrons. The predicted molar refractivity (Wildman–Crippen MR) is 57.3 cm³/mol. The smallest absolute Gasteiger partial charge is 0.132 e. The van der Waals surface area contributed by atoms with E-state index in [1.807, 2.05) is 0 Å². The molecule has 3 aromatic heterocycles. The maximum Gasteiger partial charge on any atom is 0.132 e. The van der Waals surface area contributed by atoms with Crippen molar-refractivity contribution < 1.29 is 0 Å². The number of aromatic amines is 1. The van der Waals surface area contributed by atoms with Gasteiger partial charge in [0.05, 0.1) is 12.4 Å². The van der Waals surface area contributed by atoms with E-state index in [1.54, 1.807) is 30.7 Å². The first-order valence-corrected chi connectivity index (χ1v) is 4.83. The van der Waals surface area contributed by atoms with Crippen molar-refractivity contribution >= 4 is 0 Å². The molecule has 3 rings (SSSR count). The van der Waals surface area contributed by atoms with E-state index in [0.717, 1.165) is 0 Å². The molecular weight excluding hydrogens is 218 g/mol. The largest absolute Gasteiger partial charge is 0.265 e. The molecule has 3 aromatic rings. The van der Waals surface area contributed by atoms with Crippen molar-refractivity contribution in [1.82, 2.24) is 35.6 Å². The van der Waals surface area contributed by atoms with Gasteiger partial charge in [-0.1, -0.05) is 5.21 Å². The SMILES string of the molecule is [c]1ncc(-c2c[nH]nn2)nc1-c1cccnn1. The van der Waals surface area contributed by atoms with Crippen LogP contribution in [-0.2, 0) is 0 Å². The molecule has 7 nitrogen and oxygen atoms in total. The molecule has 0 unspecified atom stereocenters. The van der Waals surface area contributed by atoms with Crippen LogP contribution in [0.5, 0.6) is 0 Å². The Morgan fingerprint density at radius 2 is 2.12 bits per heavy atom. The van der Waals surface area contributed by atoms with Crippen LogP contribution in [0.1, 0.15) is 0 Å². The van der Waals surface area contributed by atoms with Crippen molar-refractivity contribution in [2.45, 2.75) is 0 Å². The Kier molecular flexibility index (Phi) is 2.27. The molecule has 1 radical (unpaired) electrons. The van der Waals surface area contributed by atoms with Crippen LogP contribution in [0, 0.1) is 6.20 Å². The monoisotopic (exact) mass is 224 g/mol. The fraction of sp³-hybridized carbons (Fsp3) is 0. The average molecular weight is 224 g/mol. The molecule has 1 N–H and O–H groups in total. The molecule has 0 spiro atoms.